The molecule has 4 aliphatic rings. The quantitative estimate of drug-likeness (QED) is 0.0987. The molecule has 0 N–H and O–H groups in total. The molecule has 4 fully saturated rings. The minimum atomic E-state index is 0.0674. The van der Waals surface area contributed by atoms with Gasteiger partial charge in [-0.3, -0.25) is 28.5 Å². The highest BCUT2D eigenvalue weighted by atomic mass is 35.5. The smallest absolute Gasteiger partial charge is 0.253 e. The first-order valence-corrected chi connectivity index (χ1v) is 27.0. The lowest BCUT2D eigenvalue weighted by Crippen LogP contribution is -2.39. The zero-order valence-electron chi connectivity index (χ0n) is 41.8. The Balaban J connectivity index is 0.000000178. The van der Waals surface area contributed by atoms with E-state index < -0.39 is 0 Å². The zero-order valence-corrected chi connectivity index (χ0v) is 43.3. The van der Waals surface area contributed by atoms with Crippen molar-refractivity contribution in [3.63, 3.8) is 0 Å². The first-order chi connectivity index (χ1) is 34.9. The van der Waals surface area contributed by atoms with Crippen LogP contribution >= 0.6 is 23.2 Å². The lowest BCUT2D eigenvalue weighted by Gasteiger charge is -2.32. The Morgan fingerprint density at radius 3 is 1.28 bits per heavy atom. The van der Waals surface area contributed by atoms with Gasteiger partial charge in [-0.05, 0) is 187 Å². The van der Waals surface area contributed by atoms with Gasteiger partial charge >= 0.3 is 0 Å². The lowest BCUT2D eigenvalue weighted by molar-refractivity contribution is 0.0104. The number of hydrogen-bond donors (Lipinski definition) is 0. The van der Waals surface area contributed by atoms with Crippen LogP contribution in [0.15, 0.2) is 85.2 Å². The van der Waals surface area contributed by atoms with Crippen LogP contribution in [0.3, 0.4) is 0 Å². The van der Waals surface area contributed by atoms with Crippen molar-refractivity contribution >= 4 is 68.4 Å². The Hall–Kier alpha value is -5.40. The van der Waals surface area contributed by atoms with Crippen molar-refractivity contribution in [2.24, 2.45) is 11.8 Å². The minimum Gasteiger partial charge on any atom is -0.378 e. The number of carbonyl (C=O) groups is 4. The maximum Gasteiger partial charge on any atom is 0.253 e. The molecule has 2 atom stereocenters. The van der Waals surface area contributed by atoms with E-state index in [1.165, 1.54) is 12.8 Å². The van der Waals surface area contributed by atoms with E-state index >= 15 is 0 Å². The number of aryl methyl sites for hydroxylation is 2. The Morgan fingerprint density at radius 1 is 0.528 bits per heavy atom. The van der Waals surface area contributed by atoms with Gasteiger partial charge in [0.2, 0.25) is 0 Å². The van der Waals surface area contributed by atoms with E-state index in [-0.39, 0.29) is 35.6 Å². The van der Waals surface area contributed by atoms with Gasteiger partial charge in [0.1, 0.15) is 0 Å². The molecule has 2 amide bonds. The number of Topliss-reactive ketones (excluding diaryl/α,β-unsaturated/α-hetero) is 2. The molecule has 4 saturated heterocycles. The molecule has 4 aromatic carbocycles. The van der Waals surface area contributed by atoms with Crippen LogP contribution in [0.2, 0.25) is 10.0 Å². The third kappa shape index (κ3) is 12.9. The van der Waals surface area contributed by atoms with Gasteiger partial charge in [-0.25, -0.2) is 0 Å². The summed E-state index contributed by atoms with van der Waals surface area (Å²) >= 11 is 11.9. The summed E-state index contributed by atoms with van der Waals surface area (Å²) in [6, 6.07) is 22.0. The molecule has 72 heavy (non-hydrogen) atoms. The number of piperidine rings is 2. The second kappa shape index (κ2) is 24.1. The van der Waals surface area contributed by atoms with Gasteiger partial charge in [-0.2, -0.15) is 10.2 Å². The third-order valence-corrected chi connectivity index (χ3v) is 15.9. The average molecular weight is 1020 g/mol. The van der Waals surface area contributed by atoms with Crippen molar-refractivity contribution in [2.75, 3.05) is 39.4 Å². The summed E-state index contributed by atoms with van der Waals surface area (Å²) in [4.78, 5) is 55.3. The van der Waals surface area contributed by atoms with Crippen molar-refractivity contribution in [3.05, 3.63) is 129 Å². The number of carbonyl (C=O) groups excluding carboxylic acids is 4. The topological polar surface area (TPSA) is 129 Å². The molecule has 10 rings (SSSR count). The molecule has 0 aliphatic carbocycles. The maximum absolute atomic E-state index is 13.0. The van der Waals surface area contributed by atoms with Crippen molar-refractivity contribution in [1.29, 1.82) is 0 Å². The van der Waals surface area contributed by atoms with E-state index in [2.05, 4.69) is 12.4 Å². The molecule has 2 aromatic heterocycles. The van der Waals surface area contributed by atoms with Crippen LogP contribution in [0, 0.1) is 25.7 Å². The van der Waals surface area contributed by atoms with E-state index in [1.54, 1.807) is 48.5 Å². The summed E-state index contributed by atoms with van der Waals surface area (Å²) in [5.74, 6) is 1.44. The molecule has 0 radical (unpaired) electrons. The number of rotatable bonds is 14. The first kappa shape index (κ1) is 51.5. The summed E-state index contributed by atoms with van der Waals surface area (Å²) in [6.45, 7) is 10.3. The molecule has 0 bridgehead atoms. The van der Waals surface area contributed by atoms with Crippen LogP contribution in [0.4, 0.5) is 0 Å². The average Bonchev–Trinajstić information content (AvgIpc) is 4.03. The van der Waals surface area contributed by atoms with E-state index in [0.717, 1.165) is 161 Å². The summed E-state index contributed by atoms with van der Waals surface area (Å²) < 4.78 is 15.6. The van der Waals surface area contributed by atoms with Crippen LogP contribution in [0.25, 0.3) is 21.8 Å². The predicted molar refractivity (Wildman–Crippen MR) is 283 cm³/mol. The molecule has 1 unspecified atom stereocenters. The second-order valence-corrected chi connectivity index (χ2v) is 21.3. The highest BCUT2D eigenvalue weighted by Gasteiger charge is 2.27. The summed E-state index contributed by atoms with van der Waals surface area (Å²) in [5.41, 5.74) is 6.84. The number of benzene rings is 4. The van der Waals surface area contributed by atoms with E-state index in [4.69, 9.17) is 42.9 Å². The number of ketones is 2. The number of likely N-dealkylation sites (tertiary alicyclic amines) is 2. The monoisotopic (exact) mass is 1010 g/mol. The number of ether oxygens (including phenoxy) is 2. The molecule has 4 aliphatic heterocycles. The molecular formula is C58H68Cl2N6O6. The van der Waals surface area contributed by atoms with E-state index in [0.29, 0.717) is 45.8 Å². The van der Waals surface area contributed by atoms with Gasteiger partial charge in [0.25, 0.3) is 11.8 Å². The normalized spacial score (nSPS) is 19.1. The maximum atomic E-state index is 13.0. The van der Waals surface area contributed by atoms with E-state index in [1.807, 2.05) is 57.3 Å². The Kier molecular flexibility index (Phi) is 17.2. The van der Waals surface area contributed by atoms with Crippen molar-refractivity contribution in [2.45, 2.75) is 129 Å². The molecule has 6 heterocycles. The van der Waals surface area contributed by atoms with Crippen LogP contribution in [0.5, 0.6) is 0 Å². The lowest BCUT2D eigenvalue weighted by atomic mass is 9.96. The third-order valence-electron chi connectivity index (χ3n) is 15.4. The number of nitrogens with zero attached hydrogens (tertiary/aromatic N) is 6. The van der Waals surface area contributed by atoms with Crippen molar-refractivity contribution in [1.82, 2.24) is 29.4 Å². The van der Waals surface area contributed by atoms with Crippen LogP contribution in [-0.2, 0) is 22.6 Å². The summed E-state index contributed by atoms with van der Waals surface area (Å²) in [6.07, 6.45) is 17.8. The molecule has 14 heteroatoms. The van der Waals surface area contributed by atoms with Crippen molar-refractivity contribution < 1.29 is 28.7 Å². The summed E-state index contributed by atoms with van der Waals surface area (Å²) in [5, 5.41) is 12.9. The number of hydrogen-bond acceptors (Lipinski definition) is 8. The first-order valence-electron chi connectivity index (χ1n) is 26.3. The highest BCUT2D eigenvalue weighted by Crippen LogP contribution is 2.29. The fourth-order valence-corrected chi connectivity index (χ4v) is 11.2. The van der Waals surface area contributed by atoms with E-state index in [9.17, 15) is 19.2 Å². The number of fused-ring (bicyclic) bond motifs is 2. The molecule has 0 saturated carbocycles. The Bertz CT molecular complexity index is 2640. The number of halogens is 2. The van der Waals surface area contributed by atoms with Gasteiger partial charge in [0.05, 0.1) is 23.2 Å². The molecular weight excluding hydrogens is 948 g/mol. The molecule has 0 spiro atoms. The van der Waals surface area contributed by atoms with Crippen LogP contribution in [-0.4, -0.2) is 104 Å². The van der Waals surface area contributed by atoms with Gasteiger partial charge in [-0.15, -0.1) is 0 Å². The highest BCUT2D eigenvalue weighted by molar-refractivity contribution is 6.31. The zero-order chi connectivity index (χ0) is 50.1. The fraction of sp³-hybridized carbons (Fsp3) is 0.483. The fourth-order valence-electron chi connectivity index (χ4n) is 11.0. The van der Waals surface area contributed by atoms with Gasteiger partial charge in [0.15, 0.2) is 11.6 Å². The largest absolute Gasteiger partial charge is 0.378 e. The van der Waals surface area contributed by atoms with Crippen LogP contribution < -0.4 is 0 Å². The Labute approximate surface area is 433 Å². The predicted octanol–water partition coefficient (Wildman–Crippen LogP) is 12.2. The van der Waals surface area contributed by atoms with Gasteiger partial charge < -0.3 is 19.3 Å². The Morgan fingerprint density at radius 2 is 0.917 bits per heavy atom. The molecule has 12 nitrogen and oxygen atoms in total. The van der Waals surface area contributed by atoms with Gasteiger partial charge in [-0.1, -0.05) is 23.2 Å². The van der Waals surface area contributed by atoms with Crippen molar-refractivity contribution in [3.8, 4) is 0 Å². The number of aromatic nitrogens is 4. The molecule has 6 aromatic rings. The second-order valence-electron chi connectivity index (χ2n) is 20.4. The van der Waals surface area contributed by atoms with Crippen LogP contribution in [0.1, 0.15) is 142 Å². The summed E-state index contributed by atoms with van der Waals surface area (Å²) in [7, 11) is 0. The molecule has 380 valence electrons. The number of amides is 2. The standard InChI is InChI=1S/2C29H34ClN3O3/c2*1-20-25(28(34)12-9-24-4-2-3-17-36-24)10-11-27-26(20)19-33(31-27)18-21-13-15-32(16-14-21)29(35)22-5-7-23(30)8-6-22/h2*5-8,10-11,19,21,24H,2-4,9,12-18H2,1H3/t24-;/m0./s1. The van der Waals surface area contributed by atoms with Gasteiger partial charge in [0, 0.05) is 121 Å². The minimum absolute atomic E-state index is 0.0674. The SMILES string of the molecule is Cc1c(C(=O)CCC2CCCCO2)ccc2nn(CC3CCN(C(=O)c4ccc(Cl)cc4)CC3)cc12.Cc1c(C(=O)CC[C@@H]2CCCCO2)ccc2nn(CC3CCN(C(=O)c4ccc(Cl)cc4)CC3)cc12.